The third-order valence-corrected chi connectivity index (χ3v) is 10.9. The number of nitrogens with one attached hydrogen (secondary N) is 3. The molecular formula is C43H90N4. The van der Waals surface area contributed by atoms with Crippen LogP contribution < -0.4 is 21.7 Å². The lowest BCUT2D eigenvalue weighted by molar-refractivity contribution is -0.0169. The Labute approximate surface area is 297 Å². The maximum atomic E-state index is 5.28. The van der Waals surface area contributed by atoms with Crippen molar-refractivity contribution in [2.75, 3.05) is 45.8 Å². The van der Waals surface area contributed by atoms with Crippen LogP contribution in [0.15, 0.2) is 0 Å². The molecule has 3 atom stereocenters. The van der Waals surface area contributed by atoms with E-state index in [0.29, 0.717) is 10.8 Å². The molecule has 0 aromatic carbocycles. The molecule has 5 rings (SSSR count). The van der Waals surface area contributed by atoms with Gasteiger partial charge in [0.15, 0.2) is 0 Å². The molecule has 4 heteroatoms. The first-order chi connectivity index (χ1) is 21.9. The van der Waals surface area contributed by atoms with Crippen LogP contribution in [0.25, 0.3) is 0 Å². The molecule has 5 N–H and O–H groups in total. The smallest absolute Gasteiger partial charge is 0.00204 e. The second kappa shape index (κ2) is 22.6. The monoisotopic (exact) mass is 663 g/mol. The van der Waals surface area contributed by atoms with Crippen molar-refractivity contribution >= 4 is 0 Å². The number of hydrogen-bond acceptors (Lipinski definition) is 4. The molecule has 3 saturated heterocycles. The Kier molecular flexibility index (Phi) is 21.6. The van der Waals surface area contributed by atoms with Gasteiger partial charge < -0.3 is 21.7 Å². The van der Waals surface area contributed by atoms with Crippen LogP contribution in [0.1, 0.15) is 167 Å². The fraction of sp³-hybridized carbons (Fsp3) is 1.00. The van der Waals surface area contributed by atoms with E-state index in [1.54, 1.807) is 0 Å². The van der Waals surface area contributed by atoms with Gasteiger partial charge in [0.25, 0.3) is 0 Å². The molecule has 0 amide bonds. The number of piperidine rings is 1. The van der Waals surface area contributed by atoms with Gasteiger partial charge in [-0.15, -0.1) is 0 Å². The van der Waals surface area contributed by atoms with Gasteiger partial charge >= 0.3 is 0 Å². The molecule has 47 heavy (non-hydrogen) atoms. The highest BCUT2D eigenvalue weighted by atomic mass is 15.0. The molecule has 0 aromatic rings. The van der Waals surface area contributed by atoms with E-state index in [0.717, 1.165) is 59.3 Å². The van der Waals surface area contributed by atoms with E-state index in [1.165, 1.54) is 116 Å². The Morgan fingerprint density at radius 1 is 0.660 bits per heavy atom. The van der Waals surface area contributed by atoms with Gasteiger partial charge in [0.2, 0.25) is 0 Å². The summed E-state index contributed by atoms with van der Waals surface area (Å²) in [6.07, 6.45) is 16.8. The summed E-state index contributed by atoms with van der Waals surface area (Å²) in [4.78, 5) is 0. The summed E-state index contributed by atoms with van der Waals surface area (Å²) >= 11 is 0. The number of rotatable bonds is 9. The van der Waals surface area contributed by atoms with Crippen molar-refractivity contribution in [3.63, 3.8) is 0 Å². The van der Waals surface area contributed by atoms with Crippen LogP contribution in [-0.4, -0.2) is 45.8 Å². The predicted molar refractivity (Wildman–Crippen MR) is 212 cm³/mol. The Hall–Kier alpha value is -0.160. The molecule has 3 aliphatic heterocycles. The van der Waals surface area contributed by atoms with Crippen molar-refractivity contribution < 1.29 is 0 Å². The molecule has 1 spiro atoms. The SMILES string of the molecule is CC(C)(C)CC1C2CCC1CNC2.CC(C)(C)CC1CC2(CNC2)C1.CC(C)CC1CCNC1.CC(C)CCCN.CCCC(C)C. The topological polar surface area (TPSA) is 62.1 Å². The zero-order valence-electron chi connectivity index (χ0n) is 34.6. The summed E-state index contributed by atoms with van der Waals surface area (Å²) in [5.41, 5.74) is 7.13. The van der Waals surface area contributed by atoms with Crippen LogP contribution >= 0.6 is 0 Å². The lowest BCUT2D eigenvalue weighted by Crippen LogP contribution is -2.60. The Bertz CT molecular complexity index is 727. The molecule has 4 nitrogen and oxygen atoms in total. The van der Waals surface area contributed by atoms with Gasteiger partial charge in [-0.2, -0.15) is 0 Å². The van der Waals surface area contributed by atoms with Gasteiger partial charge in [-0.1, -0.05) is 103 Å². The first-order valence-electron chi connectivity index (χ1n) is 20.7. The second-order valence-electron chi connectivity index (χ2n) is 20.3. The minimum absolute atomic E-state index is 0.531. The normalized spacial score (nSPS) is 26.2. The summed E-state index contributed by atoms with van der Waals surface area (Å²) in [7, 11) is 0. The van der Waals surface area contributed by atoms with Crippen molar-refractivity contribution in [2.24, 2.45) is 69.3 Å². The van der Waals surface area contributed by atoms with Crippen LogP contribution in [0, 0.1) is 63.6 Å². The van der Waals surface area contributed by atoms with Gasteiger partial charge in [-0.3, -0.25) is 0 Å². The Balaban J connectivity index is 0.000000304. The van der Waals surface area contributed by atoms with Gasteiger partial charge in [-0.25, -0.2) is 0 Å². The first kappa shape index (κ1) is 44.9. The standard InChI is InChI=1S/C12H23N.C11H21N.C8H17N.C6H15N.C6H14/c1-12(2,3)6-11-9-4-5-10(11)8-13-7-9;1-10(2,3)4-9-5-11(6-9)7-12-8-11;1-7(2)5-8-3-4-9-6-8;1-6(2)4-3-5-7;1-4-5-6(2)3/h9-11,13H,4-8H2,1-3H3;9,12H,4-8H2,1-3H3;7-9H,3-6H2,1-2H3;6H,3-5,7H2,1-2H3;6H,4-5H2,1-3H3. The number of nitrogens with two attached hydrogens (primary N) is 1. The van der Waals surface area contributed by atoms with E-state index in [4.69, 9.17) is 5.73 Å². The predicted octanol–water partition coefficient (Wildman–Crippen LogP) is 10.6. The molecule has 2 aliphatic carbocycles. The molecule has 0 aromatic heterocycles. The van der Waals surface area contributed by atoms with Crippen molar-refractivity contribution in [1.29, 1.82) is 0 Å². The minimum atomic E-state index is 0.531. The molecule has 2 bridgehead atoms. The van der Waals surface area contributed by atoms with Crippen LogP contribution in [0.4, 0.5) is 0 Å². The summed E-state index contributed by atoms with van der Waals surface area (Å²) in [5, 5.41) is 10.3. The van der Waals surface area contributed by atoms with Crippen molar-refractivity contribution in [3.8, 4) is 0 Å². The fourth-order valence-electron chi connectivity index (χ4n) is 8.87. The van der Waals surface area contributed by atoms with Crippen molar-refractivity contribution in [2.45, 2.75) is 167 Å². The van der Waals surface area contributed by atoms with E-state index in [-0.39, 0.29) is 0 Å². The fourth-order valence-corrected chi connectivity index (χ4v) is 8.87. The molecule has 2 saturated carbocycles. The minimum Gasteiger partial charge on any atom is -0.330 e. The molecule has 282 valence electrons. The lowest BCUT2D eigenvalue weighted by Gasteiger charge is -2.55. The number of fused-ring (bicyclic) bond motifs is 2. The largest absolute Gasteiger partial charge is 0.330 e. The summed E-state index contributed by atoms with van der Waals surface area (Å²) in [6, 6.07) is 0. The van der Waals surface area contributed by atoms with Gasteiger partial charge in [0, 0.05) is 13.1 Å². The third-order valence-electron chi connectivity index (χ3n) is 10.9. The molecule has 3 heterocycles. The summed E-state index contributed by atoms with van der Waals surface area (Å²) < 4.78 is 0. The highest BCUT2D eigenvalue weighted by Gasteiger charge is 2.48. The highest BCUT2D eigenvalue weighted by Crippen LogP contribution is 2.52. The van der Waals surface area contributed by atoms with Crippen LogP contribution in [0.2, 0.25) is 0 Å². The molecular weight excluding hydrogens is 573 g/mol. The zero-order chi connectivity index (χ0) is 35.7. The highest BCUT2D eigenvalue weighted by molar-refractivity contribution is 5.03. The van der Waals surface area contributed by atoms with E-state index in [9.17, 15) is 0 Å². The molecule has 5 fully saturated rings. The Morgan fingerprint density at radius 2 is 1.21 bits per heavy atom. The van der Waals surface area contributed by atoms with Gasteiger partial charge in [-0.05, 0) is 161 Å². The summed E-state index contributed by atoms with van der Waals surface area (Å²) in [5.74, 6) is 7.64. The quantitative estimate of drug-likeness (QED) is 0.198. The van der Waals surface area contributed by atoms with E-state index in [1.807, 2.05) is 0 Å². The van der Waals surface area contributed by atoms with Gasteiger partial charge in [0.05, 0.1) is 0 Å². The van der Waals surface area contributed by atoms with Gasteiger partial charge in [0.1, 0.15) is 0 Å². The molecule has 0 radical (unpaired) electrons. The van der Waals surface area contributed by atoms with E-state index >= 15 is 0 Å². The zero-order valence-corrected chi connectivity index (χ0v) is 34.6. The Morgan fingerprint density at radius 3 is 1.53 bits per heavy atom. The first-order valence-corrected chi connectivity index (χ1v) is 20.7. The van der Waals surface area contributed by atoms with Crippen LogP contribution in [-0.2, 0) is 0 Å². The maximum Gasteiger partial charge on any atom is 0.00204 e. The van der Waals surface area contributed by atoms with E-state index in [2.05, 4.69) is 106 Å². The van der Waals surface area contributed by atoms with Crippen LogP contribution in [0.5, 0.6) is 0 Å². The summed E-state index contributed by atoms with van der Waals surface area (Å²) in [6.45, 7) is 38.5. The van der Waals surface area contributed by atoms with Crippen molar-refractivity contribution in [1.82, 2.24) is 16.0 Å². The number of hydrogen-bond donors (Lipinski definition) is 4. The third kappa shape index (κ3) is 21.0. The second-order valence-corrected chi connectivity index (χ2v) is 20.3. The maximum absolute atomic E-state index is 5.28. The molecule has 5 aliphatic rings. The lowest BCUT2D eigenvalue weighted by atomic mass is 9.56. The van der Waals surface area contributed by atoms with Crippen LogP contribution in [0.3, 0.4) is 0 Å². The average molecular weight is 663 g/mol. The molecule has 3 unspecified atom stereocenters. The van der Waals surface area contributed by atoms with E-state index < -0.39 is 0 Å². The van der Waals surface area contributed by atoms with Crippen molar-refractivity contribution in [3.05, 3.63) is 0 Å². The average Bonchev–Trinajstić information content (AvgIpc) is 3.46.